The number of benzene rings is 2. The Morgan fingerprint density at radius 2 is 1.84 bits per heavy atom. The molecule has 0 unspecified atom stereocenters. The molecule has 0 radical (unpaired) electrons. The number of aromatic carboxylic acids is 1. The third kappa shape index (κ3) is 4.46. The summed E-state index contributed by atoms with van der Waals surface area (Å²) in [6, 6.07) is 13.9. The van der Waals surface area contributed by atoms with Gasteiger partial charge in [-0.2, -0.15) is 0 Å². The summed E-state index contributed by atoms with van der Waals surface area (Å²) < 4.78 is 6.15. The molecule has 2 aromatic carbocycles. The maximum absolute atomic E-state index is 11.6. The van der Waals surface area contributed by atoms with E-state index in [1.165, 1.54) is 11.8 Å². The predicted octanol–water partition coefficient (Wildman–Crippen LogP) is 3.45. The fourth-order valence-corrected chi connectivity index (χ4v) is 3.19. The highest BCUT2D eigenvalue weighted by Crippen LogP contribution is 2.26. The van der Waals surface area contributed by atoms with E-state index in [9.17, 15) is 9.59 Å². The Bertz CT molecular complexity index is 858. The minimum atomic E-state index is -0.952. The minimum absolute atomic E-state index is 0.180. The van der Waals surface area contributed by atoms with Gasteiger partial charge in [0.2, 0.25) is 0 Å². The van der Waals surface area contributed by atoms with Gasteiger partial charge < -0.3 is 15.2 Å². The second kappa shape index (κ2) is 7.50. The summed E-state index contributed by atoms with van der Waals surface area (Å²) in [5, 5.41) is 11.4. The average molecular weight is 371 g/mol. The van der Waals surface area contributed by atoms with Crippen LogP contribution in [0.3, 0.4) is 0 Å². The van der Waals surface area contributed by atoms with E-state index in [1.54, 1.807) is 30.3 Å². The summed E-state index contributed by atoms with van der Waals surface area (Å²) in [5.74, 6) is -0.448. The van der Waals surface area contributed by atoms with Gasteiger partial charge in [-0.25, -0.2) is 4.79 Å². The van der Waals surface area contributed by atoms with Gasteiger partial charge in [-0.05, 0) is 41.5 Å². The standard InChI is InChI=1S/C18H13NO4S2/c20-16-15(25-18(24)19-16)9-11-3-7-14(8-4-11)23-10-12-1-5-13(6-2-12)17(21)22/h1-9H,10H2,(H,21,22)(H,19,20,24)/b15-9-. The van der Waals surface area contributed by atoms with Gasteiger partial charge in [0.15, 0.2) is 0 Å². The van der Waals surface area contributed by atoms with E-state index < -0.39 is 5.97 Å². The zero-order valence-corrected chi connectivity index (χ0v) is 14.5. The van der Waals surface area contributed by atoms with Crippen LogP contribution >= 0.6 is 24.0 Å². The van der Waals surface area contributed by atoms with Crippen LogP contribution in [0.15, 0.2) is 53.4 Å². The van der Waals surface area contributed by atoms with E-state index in [0.29, 0.717) is 21.6 Å². The smallest absolute Gasteiger partial charge is 0.335 e. The fraction of sp³-hybridized carbons (Fsp3) is 0.0556. The number of hydrogen-bond donors (Lipinski definition) is 2. The monoisotopic (exact) mass is 371 g/mol. The van der Waals surface area contributed by atoms with Crippen LogP contribution in [-0.2, 0) is 11.4 Å². The van der Waals surface area contributed by atoms with Crippen molar-refractivity contribution in [3.63, 3.8) is 0 Å². The highest BCUT2D eigenvalue weighted by Gasteiger charge is 2.21. The first kappa shape index (κ1) is 17.2. The second-order valence-electron chi connectivity index (χ2n) is 5.21. The molecule has 126 valence electrons. The van der Waals surface area contributed by atoms with Gasteiger partial charge in [-0.3, -0.25) is 4.79 Å². The summed E-state index contributed by atoms with van der Waals surface area (Å²) in [7, 11) is 0. The molecule has 5 nitrogen and oxygen atoms in total. The van der Waals surface area contributed by atoms with Crippen molar-refractivity contribution >= 4 is 46.3 Å². The molecule has 1 heterocycles. The van der Waals surface area contributed by atoms with Crippen molar-refractivity contribution in [1.82, 2.24) is 5.32 Å². The van der Waals surface area contributed by atoms with Crippen LogP contribution in [0.4, 0.5) is 0 Å². The molecule has 0 aliphatic carbocycles. The number of carboxylic acid groups (broad SMARTS) is 1. The van der Waals surface area contributed by atoms with E-state index in [-0.39, 0.29) is 11.5 Å². The number of nitrogens with one attached hydrogen (secondary N) is 1. The first-order chi connectivity index (χ1) is 12.0. The van der Waals surface area contributed by atoms with E-state index in [2.05, 4.69) is 5.32 Å². The highest BCUT2D eigenvalue weighted by molar-refractivity contribution is 8.26. The number of carbonyl (C=O) groups excluding carboxylic acids is 1. The number of rotatable bonds is 5. The second-order valence-corrected chi connectivity index (χ2v) is 6.93. The normalized spacial score (nSPS) is 15.3. The van der Waals surface area contributed by atoms with Crippen LogP contribution in [0, 0.1) is 0 Å². The van der Waals surface area contributed by atoms with Gasteiger partial charge in [-0.1, -0.05) is 48.2 Å². The van der Waals surface area contributed by atoms with Gasteiger partial charge in [0, 0.05) is 0 Å². The molecule has 1 aliphatic rings. The summed E-state index contributed by atoms with van der Waals surface area (Å²) in [4.78, 5) is 23.0. The molecule has 25 heavy (non-hydrogen) atoms. The van der Waals surface area contributed by atoms with Gasteiger partial charge in [0.1, 0.15) is 16.7 Å². The molecule has 2 N–H and O–H groups in total. The van der Waals surface area contributed by atoms with Crippen molar-refractivity contribution in [2.24, 2.45) is 0 Å². The van der Waals surface area contributed by atoms with E-state index in [4.69, 9.17) is 22.1 Å². The van der Waals surface area contributed by atoms with Crippen LogP contribution in [0.1, 0.15) is 21.5 Å². The van der Waals surface area contributed by atoms with Crippen molar-refractivity contribution in [3.8, 4) is 5.75 Å². The molecule has 1 fully saturated rings. The van der Waals surface area contributed by atoms with Crippen molar-refractivity contribution in [2.45, 2.75) is 6.61 Å². The summed E-state index contributed by atoms with van der Waals surface area (Å²) in [5.41, 5.74) is 2.00. The molecular formula is C18H13NO4S2. The molecule has 7 heteroatoms. The maximum Gasteiger partial charge on any atom is 0.335 e. The number of ether oxygens (including phenoxy) is 1. The number of carboxylic acids is 1. The number of thioether (sulfide) groups is 1. The lowest BCUT2D eigenvalue weighted by Gasteiger charge is -2.07. The molecule has 3 rings (SSSR count). The lowest BCUT2D eigenvalue weighted by molar-refractivity contribution is -0.115. The van der Waals surface area contributed by atoms with Crippen molar-refractivity contribution in [3.05, 3.63) is 70.1 Å². The van der Waals surface area contributed by atoms with Crippen LogP contribution < -0.4 is 10.1 Å². The molecule has 1 saturated heterocycles. The van der Waals surface area contributed by atoms with E-state index in [0.717, 1.165) is 11.1 Å². The van der Waals surface area contributed by atoms with Crippen molar-refractivity contribution in [1.29, 1.82) is 0 Å². The summed E-state index contributed by atoms with van der Waals surface area (Å²) in [6.07, 6.45) is 1.77. The molecule has 1 amide bonds. The Balaban J connectivity index is 1.61. The first-order valence-electron chi connectivity index (χ1n) is 7.31. The first-order valence-corrected chi connectivity index (χ1v) is 8.54. The van der Waals surface area contributed by atoms with Gasteiger partial charge in [-0.15, -0.1) is 0 Å². The quantitative estimate of drug-likeness (QED) is 0.619. The molecule has 0 atom stereocenters. The van der Waals surface area contributed by atoms with Gasteiger partial charge in [0.05, 0.1) is 10.5 Å². The Kier molecular flexibility index (Phi) is 5.16. The van der Waals surface area contributed by atoms with Gasteiger partial charge in [0.25, 0.3) is 5.91 Å². The Morgan fingerprint density at radius 1 is 1.16 bits per heavy atom. The third-order valence-electron chi connectivity index (χ3n) is 3.43. The molecule has 0 saturated carbocycles. The number of carbonyl (C=O) groups is 2. The Hall–Kier alpha value is -2.64. The third-order valence-corrected chi connectivity index (χ3v) is 4.59. The predicted molar refractivity (Wildman–Crippen MR) is 100 cm³/mol. The largest absolute Gasteiger partial charge is 0.489 e. The zero-order valence-electron chi connectivity index (χ0n) is 12.9. The van der Waals surface area contributed by atoms with Crippen LogP contribution in [0.2, 0.25) is 0 Å². The molecule has 1 aliphatic heterocycles. The lowest BCUT2D eigenvalue weighted by atomic mass is 10.1. The Labute approximate surface area is 153 Å². The van der Waals surface area contributed by atoms with Crippen LogP contribution in [0.5, 0.6) is 5.75 Å². The van der Waals surface area contributed by atoms with E-state index in [1.807, 2.05) is 24.3 Å². The highest BCUT2D eigenvalue weighted by atomic mass is 32.2. The molecular weight excluding hydrogens is 358 g/mol. The summed E-state index contributed by atoms with van der Waals surface area (Å²) in [6.45, 7) is 0.340. The van der Waals surface area contributed by atoms with E-state index >= 15 is 0 Å². The molecule has 0 bridgehead atoms. The Morgan fingerprint density at radius 3 is 2.40 bits per heavy atom. The average Bonchev–Trinajstić information content (AvgIpc) is 2.92. The van der Waals surface area contributed by atoms with Gasteiger partial charge >= 0.3 is 5.97 Å². The number of amides is 1. The topological polar surface area (TPSA) is 75.6 Å². The SMILES string of the molecule is O=C1NC(=S)S/C1=C\c1ccc(OCc2ccc(C(=O)O)cc2)cc1. The zero-order chi connectivity index (χ0) is 17.8. The maximum atomic E-state index is 11.6. The molecule has 2 aromatic rings. The number of thiocarbonyl (C=S) groups is 1. The van der Waals surface area contributed by atoms with Crippen LogP contribution in [0.25, 0.3) is 6.08 Å². The fourth-order valence-electron chi connectivity index (χ4n) is 2.14. The summed E-state index contributed by atoms with van der Waals surface area (Å²) >= 11 is 6.19. The minimum Gasteiger partial charge on any atom is -0.489 e. The molecule has 0 spiro atoms. The lowest BCUT2D eigenvalue weighted by Crippen LogP contribution is -2.17. The van der Waals surface area contributed by atoms with Crippen molar-refractivity contribution < 1.29 is 19.4 Å². The van der Waals surface area contributed by atoms with Crippen molar-refractivity contribution in [2.75, 3.05) is 0 Å². The van der Waals surface area contributed by atoms with Crippen LogP contribution in [-0.4, -0.2) is 21.3 Å². The number of hydrogen-bond acceptors (Lipinski definition) is 5. The molecule has 0 aromatic heterocycles.